The predicted molar refractivity (Wildman–Crippen MR) is 127 cm³/mol. The first-order valence-electron chi connectivity index (χ1n) is 10.7. The number of hydrogen-bond acceptors (Lipinski definition) is 6. The number of thioether (sulfide) groups is 1. The summed E-state index contributed by atoms with van der Waals surface area (Å²) in [6.07, 6.45) is 4.68. The number of rotatable bonds is 5. The molecule has 3 aromatic heterocycles. The number of carbonyl (C=O) groups is 1. The van der Waals surface area contributed by atoms with Gasteiger partial charge in [0.2, 0.25) is 5.91 Å². The van der Waals surface area contributed by atoms with Gasteiger partial charge in [0, 0.05) is 16.5 Å². The highest BCUT2D eigenvalue weighted by molar-refractivity contribution is 7.99. The fourth-order valence-electron chi connectivity index (χ4n) is 4.16. The molecule has 1 aliphatic rings. The van der Waals surface area contributed by atoms with Crippen LogP contribution in [0.2, 0.25) is 0 Å². The number of nitrogens with zero attached hydrogens (tertiary/aromatic N) is 4. The maximum absolute atomic E-state index is 12.6. The highest BCUT2D eigenvalue weighted by Crippen LogP contribution is 2.39. The van der Waals surface area contributed by atoms with E-state index in [4.69, 9.17) is 4.98 Å². The van der Waals surface area contributed by atoms with Crippen LogP contribution in [0.4, 0.5) is 5.69 Å². The number of thiophene rings is 1. The first kappa shape index (κ1) is 20.5. The van der Waals surface area contributed by atoms with Crippen LogP contribution in [0.3, 0.4) is 0 Å². The van der Waals surface area contributed by atoms with Crippen LogP contribution in [-0.2, 0) is 17.6 Å². The van der Waals surface area contributed by atoms with Gasteiger partial charge >= 0.3 is 0 Å². The van der Waals surface area contributed by atoms with E-state index in [9.17, 15) is 4.79 Å². The lowest BCUT2D eigenvalue weighted by Crippen LogP contribution is -2.15. The van der Waals surface area contributed by atoms with Crippen LogP contribution >= 0.6 is 23.1 Å². The lowest BCUT2D eigenvalue weighted by molar-refractivity contribution is -0.113. The molecule has 8 heteroatoms. The Morgan fingerprint density at radius 3 is 2.84 bits per heavy atom. The molecule has 4 aromatic rings. The number of para-hydroxylation sites is 1. The zero-order valence-electron chi connectivity index (χ0n) is 17.9. The second-order valence-corrected chi connectivity index (χ2v) is 10.3. The van der Waals surface area contributed by atoms with Gasteiger partial charge in [-0.3, -0.25) is 9.20 Å². The van der Waals surface area contributed by atoms with Crippen molar-refractivity contribution >= 4 is 50.6 Å². The lowest BCUT2D eigenvalue weighted by Gasteiger charge is -2.12. The third-order valence-corrected chi connectivity index (χ3v) is 7.84. The van der Waals surface area contributed by atoms with Crippen molar-refractivity contribution in [1.29, 1.82) is 0 Å². The topological polar surface area (TPSA) is 72.2 Å². The van der Waals surface area contributed by atoms with E-state index in [1.54, 1.807) is 0 Å². The van der Waals surface area contributed by atoms with Crippen molar-refractivity contribution in [1.82, 2.24) is 19.6 Å². The average Bonchev–Trinajstić information content (AvgIpc) is 3.34. The summed E-state index contributed by atoms with van der Waals surface area (Å²) in [6, 6.07) is 7.80. The van der Waals surface area contributed by atoms with Gasteiger partial charge in [0.25, 0.3) is 0 Å². The van der Waals surface area contributed by atoms with E-state index in [-0.39, 0.29) is 17.6 Å². The molecule has 1 N–H and O–H groups in total. The molecular weight excluding hydrogens is 426 g/mol. The van der Waals surface area contributed by atoms with Gasteiger partial charge in [-0.25, -0.2) is 4.98 Å². The van der Waals surface area contributed by atoms with Crippen molar-refractivity contribution in [3.05, 3.63) is 46.1 Å². The lowest BCUT2D eigenvalue weighted by atomic mass is 9.97. The first-order valence-corrected chi connectivity index (χ1v) is 12.5. The molecule has 0 atom stereocenters. The largest absolute Gasteiger partial charge is 0.325 e. The van der Waals surface area contributed by atoms with Gasteiger partial charge in [-0.2, -0.15) is 0 Å². The number of benzene rings is 1. The Kier molecular flexibility index (Phi) is 5.44. The molecule has 0 bridgehead atoms. The SMILES string of the molecule is Cc1ccccc1NC(=O)CSc1nnc2c3c4c(sc3nc(C(C)C)n12)CCCC4. The van der Waals surface area contributed by atoms with Crippen LogP contribution < -0.4 is 5.32 Å². The van der Waals surface area contributed by atoms with Crippen LogP contribution in [0.25, 0.3) is 15.9 Å². The van der Waals surface area contributed by atoms with Crippen molar-refractivity contribution in [2.24, 2.45) is 0 Å². The Morgan fingerprint density at radius 1 is 1.23 bits per heavy atom. The molecule has 0 saturated carbocycles. The molecule has 0 saturated heterocycles. The Morgan fingerprint density at radius 2 is 2.03 bits per heavy atom. The second-order valence-electron chi connectivity index (χ2n) is 8.31. The Labute approximate surface area is 189 Å². The van der Waals surface area contributed by atoms with Gasteiger partial charge in [-0.05, 0) is 49.8 Å². The van der Waals surface area contributed by atoms with E-state index in [0.717, 1.165) is 50.9 Å². The Hall–Kier alpha value is -2.45. The van der Waals surface area contributed by atoms with E-state index in [0.29, 0.717) is 0 Å². The van der Waals surface area contributed by atoms with Gasteiger partial charge in [0.15, 0.2) is 10.8 Å². The summed E-state index contributed by atoms with van der Waals surface area (Å²) >= 11 is 3.22. The number of amides is 1. The van der Waals surface area contributed by atoms with Crippen LogP contribution in [0.1, 0.15) is 54.4 Å². The molecule has 0 radical (unpaired) electrons. The van der Waals surface area contributed by atoms with Crippen LogP contribution in [-0.4, -0.2) is 31.2 Å². The molecule has 0 spiro atoms. The van der Waals surface area contributed by atoms with Crippen molar-refractivity contribution in [2.45, 2.75) is 57.5 Å². The van der Waals surface area contributed by atoms with Crippen LogP contribution in [0, 0.1) is 6.92 Å². The number of anilines is 1. The van der Waals surface area contributed by atoms with Crippen molar-refractivity contribution < 1.29 is 4.79 Å². The molecule has 1 aliphatic carbocycles. The third kappa shape index (κ3) is 3.72. The summed E-state index contributed by atoms with van der Waals surface area (Å²) in [6.45, 7) is 6.27. The molecular formula is C23H25N5OS2. The van der Waals surface area contributed by atoms with Gasteiger partial charge in [0.05, 0.1) is 11.1 Å². The smallest absolute Gasteiger partial charge is 0.234 e. The maximum atomic E-state index is 12.6. The molecule has 5 rings (SSSR count). The normalized spacial score (nSPS) is 13.8. The van der Waals surface area contributed by atoms with Crippen LogP contribution in [0.5, 0.6) is 0 Å². The van der Waals surface area contributed by atoms with E-state index < -0.39 is 0 Å². The molecule has 31 heavy (non-hydrogen) atoms. The molecule has 6 nitrogen and oxygen atoms in total. The summed E-state index contributed by atoms with van der Waals surface area (Å²) in [4.78, 5) is 20.1. The standard InChI is InChI=1S/C23H25N5OS2/c1-13(2)20-25-22-19(15-9-5-7-11-17(15)31-22)21-26-27-23(28(20)21)30-12-18(29)24-16-10-6-4-8-14(16)3/h4,6,8,10,13H,5,7,9,11-12H2,1-3H3,(H,24,29). The molecule has 0 aliphatic heterocycles. The molecule has 3 heterocycles. The number of aromatic nitrogens is 4. The fraction of sp³-hybridized carbons (Fsp3) is 0.391. The number of aryl methyl sites for hydroxylation is 3. The molecule has 1 amide bonds. The zero-order valence-corrected chi connectivity index (χ0v) is 19.6. The number of hydrogen-bond donors (Lipinski definition) is 1. The minimum absolute atomic E-state index is 0.0518. The van der Waals surface area contributed by atoms with Crippen LogP contribution in [0.15, 0.2) is 29.4 Å². The summed E-state index contributed by atoms with van der Waals surface area (Å²) in [7, 11) is 0. The minimum Gasteiger partial charge on any atom is -0.325 e. The summed E-state index contributed by atoms with van der Waals surface area (Å²) in [5.41, 5.74) is 4.18. The van der Waals surface area contributed by atoms with Crippen molar-refractivity contribution in [3.63, 3.8) is 0 Å². The monoisotopic (exact) mass is 451 g/mol. The zero-order chi connectivity index (χ0) is 21.5. The quantitative estimate of drug-likeness (QED) is 0.413. The predicted octanol–water partition coefficient (Wildman–Crippen LogP) is 5.38. The van der Waals surface area contributed by atoms with E-state index in [1.165, 1.54) is 35.0 Å². The third-order valence-electron chi connectivity index (χ3n) is 5.72. The first-order chi connectivity index (χ1) is 15.0. The fourth-order valence-corrected chi connectivity index (χ4v) is 6.17. The second kappa shape index (κ2) is 8.24. The van der Waals surface area contributed by atoms with E-state index >= 15 is 0 Å². The molecule has 0 fully saturated rings. The van der Waals surface area contributed by atoms with Gasteiger partial charge in [-0.15, -0.1) is 21.5 Å². The molecule has 0 unspecified atom stereocenters. The van der Waals surface area contributed by atoms with Crippen molar-refractivity contribution in [3.8, 4) is 0 Å². The summed E-state index contributed by atoms with van der Waals surface area (Å²) < 4.78 is 2.07. The van der Waals surface area contributed by atoms with Crippen molar-refractivity contribution in [2.75, 3.05) is 11.1 Å². The number of carbonyl (C=O) groups excluding carboxylic acids is 1. The van der Waals surface area contributed by atoms with Gasteiger partial charge < -0.3 is 5.32 Å². The maximum Gasteiger partial charge on any atom is 0.234 e. The van der Waals surface area contributed by atoms with Gasteiger partial charge in [0.1, 0.15) is 10.7 Å². The van der Waals surface area contributed by atoms with Gasteiger partial charge in [-0.1, -0.05) is 43.8 Å². The van der Waals surface area contributed by atoms with E-state index in [1.807, 2.05) is 42.5 Å². The highest BCUT2D eigenvalue weighted by atomic mass is 32.2. The minimum atomic E-state index is -0.0518. The average molecular weight is 452 g/mol. The highest BCUT2D eigenvalue weighted by Gasteiger charge is 2.24. The molecule has 160 valence electrons. The summed E-state index contributed by atoms with van der Waals surface area (Å²) in [5, 5.41) is 13.9. The molecule has 1 aromatic carbocycles. The Balaban J connectivity index is 1.49. The number of nitrogens with one attached hydrogen (secondary N) is 1. The van der Waals surface area contributed by atoms with E-state index in [2.05, 4.69) is 33.8 Å². The Bertz CT molecular complexity index is 1290. The summed E-state index contributed by atoms with van der Waals surface area (Å²) in [5.74, 6) is 1.39. The number of fused-ring (bicyclic) bond motifs is 5.